The Morgan fingerprint density at radius 1 is 1.06 bits per heavy atom. The number of ether oxygens (including phenoxy) is 1. The molecule has 9 heteroatoms. The van der Waals surface area contributed by atoms with E-state index in [0.29, 0.717) is 25.1 Å². The lowest BCUT2D eigenvalue weighted by Gasteiger charge is -2.26. The SMILES string of the molecule is COCCCNC(=O)Cn1cc(/C=C2\C(=O)NC(=O)N(Cc3ccccc3)C2=O)c2ccccc21. The zero-order valence-corrected chi connectivity index (χ0v) is 19.3. The Kier molecular flexibility index (Phi) is 7.37. The number of hydrogen-bond donors (Lipinski definition) is 2. The molecule has 1 aliphatic heterocycles. The molecule has 180 valence electrons. The van der Waals surface area contributed by atoms with E-state index in [4.69, 9.17) is 4.74 Å². The number of rotatable bonds is 9. The van der Waals surface area contributed by atoms with Crippen LogP contribution in [-0.4, -0.2) is 53.5 Å². The third-order valence-corrected chi connectivity index (χ3v) is 5.65. The van der Waals surface area contributed by atoms with Crippen molar-refractivity contribution in [2.75, 3.05) is 20.3 Å². The minimum absolute atomic E-state index is 0.0428. The van der Waals surface area contributed by atoms with Crippen LogP contribution in [0.4, 0.5) is 4.79 Å². The van der Waals surface area contributed by atoms with Crippen molar-refractivity contribution in [2.24, 2.45) is 0 Å². The fraction of sp³-hybridized carbons (Fsp3) is 0.231. The highest BCUT2D eigenvalue weighted by Crippen LogP contribution is 2.25. The molecule has 2 N–H and O–H groups in total. The molecule has 35 heavy (non-hydrogen) atoms. The number of hydrogen-bond acceptors (Lipinski definition) is 5. The number of para-hydroxylation sites is 1. The highest BCUT2D eigenvalue weighted by Gasteiger charge is 2.35. The van der Waals surface area contributed by atoms with E-state index in [-0.39, 0.29) is 24.6 Å². The van der Waals surface area contributed by atoms with Crippen molar-refractivity contribution in [3.05, 3.63) is 77.5 Å². The maximum absolute atomic E-state index is 13.1. The van der Waals surface area contributed by atoms with E-state index in [0.717, 1.165) is 21.4 Å². The topological polar surface area (TPSA) is 110 Å². The highest BCUT2D eigenvalue weighted by molar-refractivity contribution is 6.31. The molecule has 3 aromatic rings. The molecular formula is C26H26N4O5. The summed E-state index contributed by atoms with van der Waals surface area (Å²) < 4.78 is 6.76. The molecule has 0 aliphatic carbocycles. The summed E-state index contributed by atoms with van der Waals surface area (Å²) >= 11 is 0. The predicted molar refractivity (Wildman–Crippen MR) is 130 cm³/mol. The van der Waals surface area contributed by atoms with E-state index in [1.807, 2.05) is 42.5 Å². The number of barbiturate groups is 1. The second-order valence-corrected chi connectivity index (χ2v) is 8.12. The predicted octanol–water partition coefficient (Wildman–Crippen LogP) is 2.46. The second-order valence-electron chi connectivity index (χ2n) is 8.12. The van der Waals surface area contributed by atoms with Crippen LogP contribution in [0.15, 0.2) is 66.4 Å². The first-order valence-corrected chi connectivity index (χ1v) is 11.2. The molecule has 0 spiro atoms. The van der Waals surface area contributed by atoms with Gasteiger partial charge in [0, 0.05) is 42.9 Å². The molecule has 1 saturated heterocycles. The molecule has 0 unspecified atom stereocenters. The lowest BCUT2D eigenvalue weighted by molar-refractivity contribution is -0.130. The number of benzene rings is 2. The standard InChI is InChI=1S/C26H26N4O5/c1-35-13-7-12-27-23(31)17-29-16-19(20-10-5-6-11-22(20)29)14-21-24(32)28-26(34)30(25(21)33)15-18-8-3-2-4-9-18/h2-6,8-11,14,16H,7,12-13,15,17H2,1H3,(H,27,31)(H,28,32,34)/b21-14+. The number of nitrogens with one attached hydrogen (secondary N) is 2. The first-order chi connectivity index (χ1) is 17.0. The zero-order chi connectivity index (χ0) is 24.8. The Morgan fingerprint density at radius 2 is 1.80 bits per heavy atom. The minimum Gasteiger partial charge on any atom is -0.385 e. The van der Waals surface area contributed by atoms with Crippen LogP contribution in [-0.2, 0) is 32.2 Å². The quantitative estimate of drug-likeness (QED) is 0.281. The maximum Gasteiger partial charge on any atom is 0.331 e. The van der Waals surface area contributed by atoms with Crippen LogP contribution in [0.5, 0.6) is 0 Å². The normalized spacial score (nSPS) is 15.1. The Hall–Kier alpha value is -4.24. The van der Waals surface area contributed by atoms with Gasteiger partial charge in [-0.15, -0.1) is 0 Å². The lowest BCUT2D eigenvalue weighted by atomic mass is 10.1. The molecule has 1 aliphatic rings. The molecule has 1 fully saturated rings. The lowest BCUT2D eigenvalue weighted by Crippen LogP contribution is -2.53. The summed E-state index contributed by atoms with van der Waals surface area (Å²) in [6.45, 7) is 1.18. The van der Waals surface area contributed by atoms with E-state index in [2.05, 4.69) is 10.6 Å². The van der Waals surface area contributed by atoms with Gasteiger partial charge >= 0.3 is 6.03 Å². The van der Waals surface area contributed by atoms with Crippen molar-refractivity contribution in [1.82, 2.24) is 20.1 Å². The van der Waals surface area contributed by atoms with Crippen molar-refractivity contribution in [3.8, 4) is 0 Å². The van der Waals surface area contributed by atoms with Gasteiger partial charge in [0.1, 0.15) is 12.1 Å². The number of imide groups is 2. The van der Waals surface area contributed by atoms with Crippen molar-refractivity contribution in [3.63, 3.8) is 0 Å². The third kappa shape index (κ3) is 5.47. The fourth-order valence-electron chi connectivity index (χ4n) is 3.94. The summed E-state index contributed by atoms with van der Waals surface area (Å²) in [4.78, 5) is 51.5. The monoisotopic (exact) mass is 474 g/mol. The Labute approximate surface area is 202 Å². The largest absolute Gasteiger partial charge is 0.385 e. The summed E-state index contributed by atoms with van der Waals surface area (Å²) in [5, 5.41) is 5.88. The summed E-state index contributed by atoms with van der Waals surface area (Å²) in [5.74, 6) is -1.58. The van der Waals surface area contributed by atoms with Gasteiger partial charge in [0.2, 0.25) is 5.91 Å². The van der Waals surface area contributed by atoms with Crippen LogP contribution in [0.25, 0.3) is 17.0 Å². The van der Waals surface area contributed by atoms with Gasteiger partial charge in [-0.05, 0) is 24.1 Å². The van der Waals surface area contributed by atoms with Crippen molar-refractivity contribution >= 4 is 40.7 Å². The maximum atomic E-state index is 13.1. The number of amides is 5. The number of urea groups is 1. The van der Waals surface area contributed by atoms with Gasteiger partial charge in [-0.3, -0.25) is 24.6 Å². The Morgan fingerprint density at radius 3 is 2.57 bits per heavy atom. The van der Waals surface area contributed by atoms with E-state index in [1.54, 1.807) is 30.0 Å². The highest BCUT2D eigenvalue weighted by atomic mass is 16.5. The average molecular weight is 475 g/mol. The van der Waals surface area contributed by atoms with Crippen LogP contribution < -0.4 is 10.6 Å². The molecule has 4 rings (SSSR count). The van der Waals surface area contributed by atoms with Gasteiger partial charge in [0.05, 0.1) is 6.54 Å². The van der Waals surface area contributed by atoms with E-state index < -0.39 is 17.8 Å². The number of fused-ring (bicyclic) bond motifs is 1. The second kappa shape index (κ2) is 10.8. The number of carbonyl (C=O) groups excluding carboxylic acids is 4. The molecule has 0 saturated carbocycles. The molecule has 0 radical (unpaired) electrons. The van der Waals surface area contributed by atoms with Gasteiger partial charge in [0.15, 0.2) is 0 Å². The average Bonchev–Trinajstić information content (AvgIpc) is 3.20. The summed E-state index contributed by atoms with van der Waals surface area (Å²) in [6, 6.07) is 15.7. The van der Waals surface area contributed by atoms with Gasteiger partial charge in [-0.2, -0.15) is 0 Å². The zero-order valence-electron chi connectivity index (χ0n) is 19.3. The number of aromatic nitrogens is 1. The Balaban J connectivity index is 1.60. The number of carbonyl (C=O) groups is 4. The van der Waals surface area contributed by atoms with E-state index in [1.165, 1.54) is 6.08 Å². The van der Waals surface area contributed by atoms with Gasteiger partial charge in [-0.25, -0.2) is 4.79 Å². The van der Waals surface area contributed by atoms with E-state index >= 15 is 0 Å². The molecule has 2 aromatic carbocycles. The van der Waals surface area contributed by atoms with Crippen LogP contribution in [0, 0.1) is 0 Å². The molecule has 0 atom stereocenters. The third-order valence-electron chi connectivity index (χ3n) is 5.65. The molecule has 9 nitrogen and oxygen atoms in total. The van der Waals surface area contributed by atoms with Crippen molar-refractivity contribution < 1.29 is 23.9 Å². The number of methoxy groups -OCH3 is 1. The summed E-state index contributed by atoms with van der Waals surface area (Å²) in [5.41, 5.74) is 2.00. The van der Waals surface area contributed by atoms with Crippen molar-refractivity contribution in [2.45, 2.75) is 19.5 Å². The minimum atomic E-state index is -0.756. The first-order valence-electron chi connectivity index (χ1n) is 11.2. The van der Waals surface area contributed by atoms with Gasteiger partial charge < -0.3 is 14.6 Å². The smallest absolute Gasteiger partial charge is 0.331 e. The molecule has 5 amide bonds. The van der Waals surface area contributed by atoms with Gasteiger partial charge in [-0.1, -0.05) is 48.5 Å². The van der Waals surface area contributed by atoms with Crippen molar-refractivity contribution in [1.29, 1.82) is 0 Å². The molecular weight excluding hydrogens is 448 g/mol. The summed E-state index contributed by atoms with van der Waals surface area (Å²) in [6.07, 6.45) is 3.91. The molecule has 0 bridgehead atoms. The van der Waals surface area contributed by atoms with Gasteiger partial charge in [0.25, 0.3) is 11.8 Å². The van der Waals surface area contributed by atoms with Crippen LogP contribution >= 0.6 is 0 Å². The Bertz CT molecular complexity index is 1300. The molecule has 1 aromatic heterocycles. The van der Waals surface area contributed by atoms with E-state index in [9.17, 15) is 19.2 Å². The number of nitrogens with zero attached hydrogens (tertiary/aromatic N) is 2. The first kappa shape index (κ1) is 23.9. The fourth-order valence-corrected chi connectivity index (χ4v) is 3.94. The molecule has 2 heterocycles. The van der Waals surface area contributed by atoms with Crippen LogP contribution in [0.2, 0.25) is 0 Å². The van der Waals surface area contributed by atoms with Crippen LogP contribution in [0.1, 0.15) is 17.5 Å². The summed E-state index contributed by atoms with van der Waals surface area (Å²) in [7, 11) is 1.61. The van der Waals surface area contributed by atoms with Crippen LogP contribution in [0.3, 0.4) is 0 Å².